The van der Waals surface area contributed by atoms with Crippen LogP contribution in [0.4, 0.5) is 4.79 Å². The molecule has 2 amide bonds. The highest BCUT2D eigenvalue weighted by Crippen LogP contribution is 2.11. The maximum atomic E-state index is 11.9. The summed E-state index contributed by atoms with van der Waals surface area (Å²) in [5.41, 5.74) is 1.25. The Kier molecular flexibility index (Phi) is 5.97. The van der Waals surface area contributed by atoms with E-state index in [2.05, 4.69) is 0 Å². The number of carbonyl (C=O) groups is 2. The van der Waals surface area contributed by atoms with Gasteiger partial charge in [0.05, 0.1) is 0 Å². The Labute approximate surface area is 132 Å². The summed E-state index contributed by atoms with van der Waals surface area (Å²) < 4.78 is 5.30. The van der Waals surface area contributed by atoms with Crippen LogP contribution in [-0.2, 0) is 11.2 Å². The fourth-order valence-electron chi connectivity index (χ4n) is 1.80. The number of amides is 2. The van der Waals surface area contributed by atoms with Gasteiger partial charge in [-0.2, -0.15) is 0 Å². The Balaban J connectivity index is 2.55. The lowest BCUT2D eigenvalue weighted by Crippen LogP contribution is -2.35. The van der Waals surface area contributed by atoms with Crippen molar-refractivity contribution in [2.75, 3.05) is 27.7 Å². The van der Waals surface area contributed by atoms with Crippen LogP contribution in [0, 0.1) is 0 Å². The number of ether oxygens (including phenoxy) is 1. The van der Waals surface area contributed by atoms with Crippen LogP contribution >= 0.6 is 0 Å². The summed E-state index contributed by atoms with van der Waals surface area (Å²) in [7, 11) is 5.18. The first kappa shape index (κ1) is 18.0. The van der Waals surface area contributed by atoms with Gasteiger partial charge >= 0.3 is 6.09 Å². The maximum absolute atomic E-state index is 11.9. The molecule has 0 aromatic heterocycles. The highest BCUT2D eigenvalue weighted by Gasteiger charge is 2.19. The van der Waals surface area contributed by atoms with E-state index in [0.29, 0.717) is 18.5 Å². The second-order valence-corrected chi connectivity index (χ2v) is 6.55. The van der Waals surface area contributed by atoms with Crippen LogP contribution in [0.2, 0.25) is 0 Å². The Morgan fingerprint density at radius 2 is 1.59 bits per heavy atom. The van der Waals surface area contributed by atoms with E-state index >= 15 is 0 Å². The Hall–Kier alpha value is -2.04. The molecule has 5 nitrogen and oxygen atoms in total. The number of likely N-dealkylation sites (N-methyl/N-ethyl adjacent to an activating group) is 1. The van der Waals surface area contributed by atoms with Gasteiger partial charge in [-0.15, -0.1) is 0 Å². The standard InChI is InChI=1S/C17H26N2O3/c1-17(2,3)22-16(21)19(6)12-11-13-7-9-14(10-8-13)15(20)18(4)5/h7-10H,11-12H2,1-6H3. The fraction of sp³-hybridized carbons (Fsp3) is 0.529. The lowest BCUT2D eigenvalue weighted by Gasteiger charge is -2.24. The second-order valence-electron chi connectivity index (χ2n) is 6.55. The lowest BCUT2D eigenvalue weighted by atomic mass is 10.1. The van der Waals surface area contributed by atoms with Crippen molar-refractivity contribution in [1.82, 2.24) is 9.80 Å². The quantitative estimate of drug-likeness (QED) is 0.859. The van der Waals surface area contributed by atoms with Gasteiger partial charge in [-0.1, -0.05) is 12.1 Å². The summed E-state index contributed by atoms with van der Waals surface area (Å²) in [5.74, 6) is -0.0163. The first-order valence-corrected chi connectivity index (χ1v) is 7.35. The van der Waals surface area contributed by atoms with E-state index in [1.807, 2.05) is 45.0 Å². The molecule has 1 rings (SSSR count). The van der Waals surface area contributed by atoms with Gasteiger partial charge in [0.1, 0.15) is 5.60 Å². The Morgan fingerprint density at radius 3 is 2.05 bits per heavy atom. The summed E-state index contributed by atoms with van der Waals surface area (Å²) >= 11 is 0. The van der Waals surface area contributed by atoms with Crippen LogP contribution in [-0.4, -0.2) is 55.1 Å². The van der Waals surface area contributed by atoms with Gasteiger partial charge in [0.15, 0.2) is 0 Å². The topological polar surface area (TPSA) is 49.9 Å². The van der Waals surface area contributed by atoms with E-state index in [9.17, 15) is 9.59 Å². The molecule has 0 N–H and O–H groups in total. The highest BCUT2D eigenvalue weighted by molar-refractivity contribution is 5.93. The smallest absolute Gasteiger partial charge is 0.410 e. The monoisotopic (exact) mass is 306 g/mol. The predicted octanol–water partition coefficient (Wildman–Crippen LogP) is 2.80. The van der Waals surface area contributed by atoms with Crippen LogP contribution in [0.1, 0.15) is 36.7 Å². The van der Waals surface area contributed by atoms with Gasteiger partial charge in [0, 0.05) is 33.3 Å². The molecule has 0 fully saturated rings. The van der Waals surface area contributed by atoms with Crippen molar-refractivity contribution in [2.24, 2.45) is 0 Å². The molecule has 0 spiro atoms. The molecule has 22 heavy (non-hydrogen) atoms. The number of carbonyl (C=O) groups excluding carboxylic acids is 2. The van der Waals surface area contributed by atoms with Gasteiger partial charge in [-0.05, 0) is 44.9 Å². The summed E-state index contributed by atoms with van der Waals surface area (Å²) in [6.07, 6.45) is 0.388. The minimum absolute atomic E-state index is 0.0163. The van der Waals surface area contributed by atoms with Crippen molar-refractivity contribution in [1.29, 1.82) is 0 Å². The number of benzene rings is 1. The van der Waals surface area contributed by atoms with Crippen LogP contribution in [0.15, 0.2) is 24.3 Å². The zero-order valence-electron chi connectivity index (χ0n) is 14.3. The molecule has 1 aromatic carbocycles. The molecular weight excluding hydrogens is 280 g/mol. The van der Waals surface area contributed by atoms with E-state index in [0.717, 1.165) is 5.56 Å². The summed E-state index contributed by atoms with van der Waals surface area (Å²) in [6, 6.07) is 7.45. The third-order valence-electron chi connectivity index (χ3n) is 3.05. The minimum atomic E-state index is -0.487. The van der Waals surface area contributed by atoms with Gasteiger partial charge < -0.3 is 14.5 Å². The number of hydrogen-bond donors (Lipinski definition) is 0. The maximum Gasteiger partial charge on any atom is 0.410 e. The van der Waals surface area contributed by atoms with Gasteiger partial charge in [-0.25, -0.2) is 4.79 Å². The first-order valence-electron chi connectivity index (χ1n) is 7.35. The van der Waals surface area contributed by atoms with Crippen LogP contribution in [0.5, 0.6) is 0 Å². The molecule has 0 saturated heterocycles. The van der Waals surface area contributed by atoms with Gasteiger partial charge in [0.25, 0.3) is 5.91 Å². The SMILES string of the molecule is CN(C)C(=O)c1ccc(CCN(C)C(=O)OC(C)(C)C)cc1. The van der Waals surface area contributed by atoms with E-state index < -0.39 is 5.60 Å². The third-order valence-corrected chi connectivity index (χ3v) is 3.05. The first-order chi connectivity index (χ1) is 10.1. The molecule has 122 valence electrons. The molecule has 0 saturated carbocycles. The molecule has 5 heteroatoms. The van der Waals surface area contributed by atoms with Crippen molar-refractivity contribution < 1.29 is 14.3 Å². The zero-order chi connectivity index (χ0) is 16.9. The van der Waals surface area contributed by atoms with E-state index in [-0.39, 0.29) is 12.0 Å². The molecule has 0 radical (unpaired) electrons. The number of nitrogens with zero attached hydrogens (tertiary/aromatic N) is 2. The summed E-state index contributed by atoms with van der Waals surface area (Å²) in [5, 5.41) is 0. The molecule has 0 unspecified atom stereocenters. The molecule has 0 atom stereocenters. The molecule has 0 bridgehead atoms. The predicted molar refractivity (Wildman–Crippen MR) is 87.0 cm³/mol. The van der Waals surface area contributed by atoms with Crippen molar-refractivity contribution >= 4 is 12.0 Å². The largest absolute Gasteiger partial charge is 0.444 e. The van der Waals surface area contributed by atoms with E-state index in [1.54, 1.807) is 30.9 Å². The highest BCUT2D eigenvalue weighted by atomic mass is 16.6. The molecule has 0 heterocycles. The number of rotatable bonds is 4. The second kappa shape index (κ2) is 7.29. The van der Waals surface area contributed by atoms with Crippen molar-refractivity contribution in [3.8, 4) is 0 Å². The third kappa shape index (κ3) is 5.76. The minimum Gasteiger partial charge on any atom is -0.444 e. The lowest BCUT2D eigenvalue weighted by molar-refractivity contribution is 0.0300. The van der Waals surface area contributed by atoms with Crippen LogP contribution in [0.3, 0.4) is 0 Å². The van der Waals surface area contributed by atoms with E-state index in [4.69, 9.17) is 4.74 Å². The van der Waals surface area contributed by atoms with E-state index in [1.165, 1.54) is 0 Å². The summed E-state index contributed by atoms with van der Waals surface area (Å²) in [6.45, 7) is 6.10. The van der Waals surface area contributed by atoms with Crippen LogP contribution < -0.4 is 0 Å². The van der Waals surface area contributed by atoms with Gasteiger partial charge in [-0.3, -0.25) is 4.79 Å². The van der Waals surface area contributed by atoms with Crippen LogP contribution in [0.25, 0.3) is 0 Å². The fourth-order valence-corrected chi connectivity index (χ4v) is 1.80. The summed E-state index contributed by atoms with van der Waals surface area (Å²) in [4.78, 5) is 26.8. The Morgan fingerprint density at radius 1 is 1.05 bits per heavy atom. The van der Waals surface area contributed by atoms with Gasteiger partial charge in [0.2, 0.25) is 0 Å². The van der Waals surface area contributed by atoms with Crippen molar-refractivity contribution in [2.45, 2.75) is 32.8 Å². The average Bonchev–Trinajstić information content (AvgIpc) is 2.42. The normalized spacial score (nSPS) is 11.0. The zero-order valence-corrected chi connectivity index (χ0v) is 14.3. The molecular formula is C17H26N2O3. The van der Waals surface area contributed by atoms with Crippen molar-refractivity contribution in [3.63, 3.8) is 0 Å². The number of hydrogen-bond acceptors (Lipinski definition) is 3. The molecule has 0 aliphatic carbocycles. The van der Waals surface area contributed by atoms with Crippen molar-refractivity contribution in [3.05, 3.63) is 35.4 Å². The Bertz CT molecular complexity index is 516. The molecule has 0 aliphatic heterocycles. The molecule has 1 aromatic rings. The molecule has 0 aliphatic rings. The average molecular weight is 306 g/mol.